The largest absolute Gasteiger partial charge is 0.492 e. The zero-order valence-electron chi connectivity index (χ0n) is 8.05. The number of ether oxygens (including phenoxy) is 1. The maximum absolute atomic E-state index is 8.83. The van der Waals surface area contributed by atoms with Gasteiger partial charge in [0.2, 0.25) is 0 Å². The van der Waals surface area contributed by atoms with Crippen LogP contribution in [0.1, 0.15) is 6.92 Å². The van der Waals surface area contributed by atoms with E-state index < -0.39 is 7.12 Å². The molecule has 1 atom stereocenters. The fourth-order valence-corrected chi connectivity index (χ4v) is 0.964. The molecular formula is C9H14BNO3. The molecule has 0 aliphatic carbocycles. The topological polar surface area (TPSA) is 75.7 Å². The van der Waals surface area contributed by atoms with E-state index in [9.17, 15) is 0 Å². The fourth-order valence-electron chi connectivity index (χ4n) is 0.964. The molecule has 0 saturated heterocycles. The van der Waals surface area contributed by atoms with Crippen molar-refractivity contribution in [3.8, 4) is 5.75 Å². The minimum atomic E-state index is -1.43. The Morgan fingerprint density at radius 1 is 1.36 bits per heavy atom. The van der Waals surface area contributed by atoms with Gasteiger partial charge >= 0.3 is 7.12 Å². The molecule has 5 heteroatoms. The second-order valence-electron chi connectivity index (χ2n) is 3.23. The van der Waals surface area contributed by atoms with Crippen molar-refractivity contribution in [2.45, 2.75) is 13.0 Å². The molecule has 76 valence electrons. The summed E-state index contributed by atoms with van der Waals surface area (Å²) in [7, 11) is -1.43. The molecule has 4 nitrogen and oxygen atoms in total. The zero-order valence-corrected chi connectivity index (χ0v) is 8.05. The molecule has 0 bridgehead atoms. The highest BCUT2D eigenvalue weighted by Gasteiger charge is 2.09. The lowest BCUT2D eigenvalue weighted by atomic mass is 9.80. The first-order valence-corrected chi connectivity index (χ1v) is 4.44. The van der Waals surface area contributed by atoms with Crippen LogP contribution in [-0.2, 0) is 0 Å². The fraction of sp³-hybridized carbons (Fsp3) is 0.333. The van der Waals surface area contributed by atoms with Gasteiger partial charge in [0, 0.05) is 6.04 Å². The minimum Gasteiger partial charge on any atom is -0.492 e. The quantitative estimate of drug-likeness (QED) is 0.543. The lowest BCUT2D eigenvalue weighted by Gasteiger charge is -2.08. The van der Waals surface area contributed by atoms with Gasteiger partial charge in [-0.1, -0.05) is 12.1 Å². The van der Waals surface area contributed by atoms with Crippen molar-refractivity contribution in [3.05, 3.63) is 24.3 Å². The molecule has 4 N–H and O–H groups in total. The summed E-state index contributed by atoms with van der Waals surface area (Å²) >= 11 is 0. The summed E-state index contributed by atoms with van der Waals surface area (Å²) in [6.07, 6.45) is 0. The van der Waals surface area contributed by atoms with Crippen LogP contribution in [0.25, 0.3) is 0 Å². The van der Waals surface area contributed by atoms with Gasteiger partial charge in [0.15, 0.2) is 0 Å². The average Bonchev–Trinajstić information content (AvgIpc) is 2.15. The highest BCUT2D eigenvalue weighted by Crippen LogP contribution is 2.07. The van der Waals surface area contributed by atoms with Crippen LogP contribution in [0.15, 0.2) is 24.3 Å². The van der Waals surface area contributed by atoms with Gasteiger partial charge < -0.3 is 20.5 Å². The standard InChI is InChI=1S/C9H14BNO3/c1-7(11)6-14-9-4-2-8(3-5-9)10(12)13/h2-5,7,12-13H,6,11H2,1H3. The minimum absolute atomic E-state index is 0.0156. The first-order valence-electron chi connectivity index (χ1n) is 4.44. The summed E-state index contributed by atoms with van der Waals surface area (Å²) in [5, 5.41) is 17.7. The maximum atomic E-state index is 8.83. The van der Waals surface area contributed by atoms with Crippen LogP contribution in [0.2, 0.25) is 0 Å². The molecule has 0 radical (unpaired) electrons. The maximum Gasteiger partial charge on any atom is 0.488 e. The molecular weight excluding hydrogens is 181 g/mol. The predicted octanol–water partition coefficient (Wildman–Crippen LogP) is -0.908. The Morgan fingerprint density at radius 2 is 1.93 bits per heavy atom. The highest BCUT2D eigenvalue weighted by molar-refractivity contribution is 6.58. The molecule has 0 amide bonds. The molecule has 0 aliphatic rings. The lowest BCUT2D eigenvalue weighted by Crippen LogP contribution is -2.29. The molecule has 0 saturated carbocycles. The number of hydrogen-bond acceptors (Lipinski definition) is 4. The summed E-state index contributed by atoms with van der Waals surface area (Å²) < 4.78 is 5.31. The molecule has 1 unspecified atom stereocenters. The van der Waals surface area contributed by atoms with Crippen LogP contribution in [0.5, 0.6) is 5.75 Å². The van der Waals surface area contributed by atoms with E-state index in [-0.39, 0.29) is 6.04 Å². The molecule has 0 aliphatic heterocycles. The Balaban J connectivity index is 2.55. The Morgan fingerprint density at radius 3 is 2.36 bits per heavy atom. The second-order valence-corrected chi connectivity index (χ2v) is 3.23. The van der Waals surface area contributed by atoms with Gasteiger partial charge in [-0.3, -0.25) is 0 Å². The third-order valence-corrected chi connectivity index (χ3v) is 1.69. The molecule has 1 aromatic rings. The number of hydrogen-bond donors (Lipinski definition) is 3. The van der Waals surface area contributed by atoms with Crippen LogP contribution < -0.4 is 15.9 Å². The van der Waals surface area contributed by atoms with E-state index >= 15 is 0 Å². The first-order chi connectivity index (χ1) is 6.59. The third-order valence-electron chi connectivity index (χ3n) is 1.69. The van der Waals surface area contributed by atoms with Gasteiger partial charge in [-0.25, -0.2) is 0 Å². The van der Waals surface area contributed by atoms with Gasteiger partial charge in [0.05, 0.1) is 0 Å². The lowest BCUT2D eigenvalue weighted by molar-refractivity contribution is 0.296. The first kappa shape index (κ1) is 11.0. The SMILES string of the molecule is CC(N)COc1ccc(B(O)O)cc1. The van der Waals surface area contributed by atoms with Crippen molar-refractivity contribution in [2.75, 3.05) is 6.61 Å². The summed E-state index contributed by atoms with van der Waals surface area (Å²) in [6.45, 7) is 2.30. The summed E-state index contributed by atoms with van der Waals surface area (Å²) in [5.41, 5.74) is 5.96. The molecule has 0 aromatic heterocycles. The molecule has 0 spiro atoms. The normalized spacial score (nSPS) is 12.3. The van der Waals surface area contributed by atoms with Gasteiger partial charge in [-0.2, -0.15) is 0 Å². The van der Waals surface area contributed by atoms with E-state index in [0.29, 0.717) is 17.8 Å². The Kier molecular flexibility index (Phi) is 3.94. The molecule has 0 heterocycles. The van der Waals surface area contributed by atoms with E-state index in [0.717, 1.165) is 0 Å². The molecule has 1 aromatic carbocycles. The van der Waals surface area contributed by atoms with Crippen LogP contribution in [0.3, 0.4) is 0 Å². The van der Waals surface area contributed by atoms with Gasteiger partial charge in [-0.15, -0.1) is 0 Å². The van der Waals surface area contributed by atoms with Crippen LogP contribution in [-0.4, -0.2) is 29.8 Å². The monoisotopic (exact) mass is 195 g/mol. The predicted molar refractivity (Wildman–Crippen MR) is 55.4 cm³/mol. The van der Waals surface area contributed by atoms with Crippen LogP contribution in [0, 0.1) is 0 Å². The number of benzene rings is 1. The van der Waals surface area contributed by atoms with Crippen LogP contribution in [0.4, 0.5) is 0 Å². The third kappa shape index (κ3) is 3.37. The number of nitrogens with two attached hydrogens (primary N) is 1. The van der Waals surface area contributed by atoms with Gasteiger partial charge in [0.1, 0.15) is 12.4 Å². The van der Waals surface area contributed by atoms with E-state index in [1.165, 1.54) is 0 Å². The van der Waals surface area contributed by atoms with Crippen molar-refractivity contribution >= 4 is 12.6 Å². The average molecular weight is 195 g/mol. The Labute approximate surface area is 83.5 Å². The zero-order chi connectivity index (χ0) is 10.6. The van der Waals surface area contributed by atoms with E-state index in [4.69, 9.17) is 20.5 Å². The molecule has 1 rings (SSSR count). The molecule has 14 heavy (non-hydrogen) atoms. The summed E-state index contributed by atoms with van der Waals surface area (Å²) in [5.74, 6) is 0.673. The van der Waals surface area contributed by atoms with Crippen molar-refractivity contribution in [1.82, 2.24) is 0 Å². The van der Waals surface area contributed by atoms with Crippen molar-refractivity contribution in [2.24, 2.45) is 5.73 Å². The van der Waals surface area contributed by atoms with Crippen molar-refractivity contribution in [1.29, 1.82) is 0 Å². The van der Waals surface area contributed by atoms with E-state index in [1.807, 2.05) is 6.92 Å². The van der Waals surface area contributed by atoms with E-state index in [1.54, 1.807) is 24.3 Å². The number of rotatable bonds is 4. The summed E-state index contributed by atoms with van der Waals surface area (Å²) in [6, 6.07) is 6.54. The Hall–Kier alpha value is -1.04. The molecule has 0 fully saturated rings. The second kappa shape index (κ2) is 5.00. The smallest absolute Gasteiger partial charge is 0.488 e. The van der Waals surface area contributed by atoms with Gasteiger partial charge in [0.25, 0.3) is 0 Å². The highest BCUT2D eigenvalue weighted by atomic mass is 16.5. The van der Waals surface area contributed by atoms with Gasteiger partial charge in [-0.05, 0) is 24.5 Å². The Bertz CT molecular complexity index is 274. The van der Waals surface area contributed by atoms with Crippen molar-refractivity contribution < 1.29 is 14.8 Å². The van der Waals surface area contributed by atoms with E-state index in [2.05, 4.69) is 0 Å². The van der Waals surface area contributed by atoms with Crippen molar-refractivity contribution in [3.63, 3.8) is 0 Å². The van der Waals surface area contributed by atoms with Crippen LogP contribution >= 0.6 is 0 Å². The summed E-state index contributed by atoms with van der Waals surface area (Å²) in [4.78, 5) is 0.